The van der Waals surface area contributed by atoms with E-state index in [0.29, 0.717) is 13.1 Å². The van der Waals surface area contributed by atoms with Gasteiger partial charge in [0.05, 0.1) is 6.54 Å². The molecule has 0 aromatic heterocycles. The lowest BCUT2D eigenvalue weighted by molar-refractivity contribution is 0.0261. The van der Waals surface area contributed by atoms with E-state index in [0.717, 1.165) is 0 Å². The van der Waals surface area contributed by atoms with Gasteiger partial charge in [-0.05, 0) is 27.7 Å². The summed E-state index contributed by atoms with van der Waals surface area (Å²) >= 11 is 0. The molecule has 6 nitrogen and oxygen atoms in total. The molecule has 0 aliphatic rings. The smallest absolute Gasteiger partial charge is 0.410 e. The van der Waals surface area contributed by atoms with Gasteiger partial charge in [0.25, 0.3) is 0 Å². The van der Waals surface area contributed by atoms with Crippen LogP contribution in [0, 0.1) is 0 Å². The van der Waals surface area contributed by atoms with Crippen molar-refractivity contribution in [2.75, 3.05) is 26.7 Å². The second-order valence-electron chi connectivity index (χ2n) is 4.57. The Hall–Kier alpha value is -1.46. The third kappa shape index (κ3) is 8.36. The molecule has 0 spiro atoms. The predicted octanol–water partition coefficient (Wildman–Crippen LogP) is 1.60. The highest BCUT2D eigenvalue weighted by Gasteiger charge is 2.19. The van der Waals surface area contributed by atoms with E-state index in [9.17, 15) is 9.59 Å². The summed E-state index contributed by atoms with van der Waals surface area (Å²) in [6.07, 6.45) is -0.915. The average molecular weight is 246 g/mol. The van der Waals surface area contributed by atoms with E-state index in [-0.39, 0.29) is 6.61 Å². The van der Waals surface area contributed by atoms with Gasteiger partial charge in [0.15, 0.2) is 0 Å². The molecule has 0 bridgehead atoms. The van der Waals surface area contributed by atoms with Gasteiger partial charge in [0.2, 0.25) is 0 Å². The van der Waals surface area contributed by atoms with Gasteiger partial charge in [-0.1, -0.05) is 0 Å². The van der Waals surface area contributed by atoms with Crippen molar-refractivity contribution in [2.24, 2.45) is 0 Å². The molecule has 17 heavy (non-hydrogen) atoms. The molecule has 0 heterocycles. The number of carbonyl (C=O) groups excluding carboxylic acids is 2. The van der Waals surface area contributed by atoms with Crippen molar-refractivity contribution in [1.29, 1.82) is 0 Å². The minimum Gasteiger partial charge on any atom is -0.448 e. The molecule has 0 atom stereocenters. The van der Waals surface area contributed by atoms with Gasteiger partial charge >= 0.3 is 12.2 Å². The van der Waals surface area contributed by atoms with Crippen LogP contribution >= 0.6 is 0 Å². The van der Waals surface area contributed by atoms with Crippen molar-refractivity contribution >= 4 is 12.2 Å². The largest absolute Gasteiger partial charge is 0.448 e. The highest BCUT2D eigenvalue weighted by Crippen LogP contribution is 2.08. The van der Waals surface area contributed by atoms with E-state index in [1.165, 1.54) is 4.90 Å². The molecule has 0 radical (unpaired) electrons. The summed E-state index contributed by atoms with van der Waals surface area (Å²) in [5.74, 6) is 0. The van der Waals surface area contributed by atoms with Crippen LogP contribution in [0.2, 0.25) is 0 Å². The molecular formula is C11H22N2O4. The highest BCUT2D eigenvalue weighted by molar-refractivity contribution is 5.68. The van der Waals surface area contributed by atoms with Crippen molar-refractivity contribution in [3.8, 4) is 0 Å². The number of nitrogens with zero attached hydrogens (tertiary/aromatic N) is 1. The van der Waals surface area contributed by atoms with Gasteiger partial charge in [-0.25, -0.2) is 9.59 Å². The molecule has 0 rings (SSSR count). The molecule has 1 N–H and O–H groups in total. The van der Waals surface area contributed by atoms with Crippen LogP contribution < -0.4 is 5.32 Å². The molecule has 0 aliphatic carbocycles. The number of carbonyl (C=O) groups is 2. The number of likely N-dealkylation sites (N-methyl/N-ethyl adjacent to an activating group) is 1. The van der Waals surface area contributed by atoms with E-state index in [2.05, 4.69) is 5.32 Å². The van der Waals surface area contributed by atoms with Gasteiger partial charge in [0.1, 0.15) is 12.2 Å². The normalized spacial score (nSPS) is 10.6. The summed E-state index contributed by atoms with van der Waals surface area (Å²) in [5, 5.41) is 2.49. The van der Waals surface area contributed by atoms with Crippen LogP contribution in [0.15, 0.2) is 0 Å². The van der Waals surface area contributed by atoms with Crippen LogP contribution in [0.3, 0.4) is 0 Å². The number of rotatable bonds is 4. The topological polar surface area (TPSA) is 67.9 Å². The lowest BCUT2D eigenvalue weighted by Gasteiger charge is -2.24. The van der Waals surface area contributed by atoms with Crippen molar-refractivity contribution in [1.82, 2.24) is 10.2 Å². The number of alkyl carbamates (subject to hydrolysis) is 1. The number of hydrogen-bond acceptors (Lipinski definition) is 4. The maximum atomic E-state index is 11.5. The Morgan fingerprint density at radius 2 is 1.88 bits per heavy atom. The van der Waals surface area contributed by atoms with Crippen molar-refractivity contribution < 1.29 is 19.1 Å². The standard InChI is InChI=1S/C11H22N2O4/c1-6-12-9(14)16-8-7-13(5)10(15)17-11(2,3)4/h6-8H2,1-5H3,(H,12,14). The second kappa shape index (κ2) is 6.98. The first-order chi connectivity index (χ1) is 7.76. The summed E-state index contributed by atoms with van der Waals surface area (Å²) in [5.41, 5.74) is -0.522. The second-order valence-corrected chi connectivity index (χ2v) is 4.57. The first-order valence-corrected chi connectivity index (χ1v) is 5.61. The van der Waals surface area contributed by atoms with Crippen LogP contribution in [0.4, 0.5) is 9.59 Å². The third-order valence-electron chi connectivity index (χ3n) is 1.69. The first-order valence-electron chi connectivity index (χ1n) is 5.61. The molecule has 6 heteroatoms. The summed E-state index contributed by atoms with van der Waals surface area (Å²) in [4.78, 5) is 23.8. The third-order valence-corrected chi connectivity index (χ3v) is 1.69. The maximum absolute atomic E-state index is 11.5. The van der Waals surface area contributed by atoms with Gasteiger partial charge in [-0.2, -0.15) is 0 Å². The Balaban J connectivity index is 3.82. The molecular weight excluding hydrogens is 224 g/mol. The van der Waals surface area contributed by atoms with E-state index < -0.39 is 17.8 Å². The van der Waals surface area contributed by atoms with Crippen LogP contribution in [-0.4, -0.2) is 49.4 Å². The van der Waals surface area contributed by atoms with Crippen LogP contribution in [-0.2, 0) is 9.47 Å². The zero-order valence-electron chi connectivity index (χ0n) is 11.2. The van der Waals surface area contributed by atoms with E-state index >= 15 is 0 Å². The Morgan fingerprint density at radius 3 is 2.35 bits per heavy atom. The summed E-state index contributed by atoms with van der Waals surface area (Å²) in [7, 11) is 1.59. The number of hydrogen-bond donors (Lipinski definition) is 1. The molecule has 0 unspecified atom stereocenters. The van der Waals surface area contributed by atoms with Gasteiger partial charge in [-0.3, -0.25) is 0 Å². The molecule has 0 aliphatic heterocycles. The molecule has 2 amide bonds. The SMILES string of the molecule is CCNC(=O)OCCN(C)C(=O)OC(C)(C)C. The van der Waals surface area contributed by atoms with E-state index in [1.54, 1.807) is 34.7 Å². The lowest BCUT2D eigenvalue weighted by Crippen LogP contribution is -2.37. The van der Waals surface area contributed by atoms with Crippen LogP contribution in [0.1, 0.15) is 27.7 Å². The number of nitrogens with one attached hydrogen (secondary N) is 1. The summed E-state index contributed by atoms with van der Waals surface area (Å²) < 4.78 is 9.97. The fourth-order valence-corrected chi connectivity index (χ4v) is 0.902. The van der Waals surface area contributed by atoms with Crippen molar-refractivity contribution in [3.63, 3.8) is 0 Å². The van der Waals surface area contributed by atoms with Gasteiger partial charge < -0.3 is 19.7 Å². The number of amides is 2. The van der Waals surface area contributed by atoms with Gasteiger partial charge in [0, 0.05) is 13.6 Å². The average Bonchev–Trinajstić information content (AvgIpc) is 2.15. The lowest BCUT2D eigenvalue weighted by atomic mass is 10.2. The molecule has 0 saturated carbocycles. The quantitative estimate of drug-likeness (QED) is 0.818. The van der Waals surface area contributed by atoms with Gasteiger partial charge in [-0.15, -0.1) is 0 Å². The zero-order chi connectivity index (χ0) is 13.5. The van der Waals surface area contributed by atoms with Crippen LogP contribution in [0.25, 0.3) is 0 Å². The summed E-state index contributed by atoms with van der Waals surface area (Å²) in [6, 6.07) is 0. The Morgan fingerprint density at radius 1 is 1.29 bits per heavy atom. The molecule has 0 fully saturated rings. The fraction of sp³-hybridized carbons (Fsp3) is 0.818. The monoisotopic (exact) mass is 246 g/mol. The Bertz CT molecular complexity index is 261. The maximum Gasteiger partial charge on any atom is 0.410 e. The van der Waals surface area contributed by atoms with Crippen LogP contribution in [0.5, 0.6) is 0 Å². The fourth-order valence-electron chi connectivity index (χ4n) is 0.902. The van der Waals surface area contributed by atoms with E-state index in [1.807, 2.05) is 0 Å². The Kier molecular flexibility index (Phi) is 6.38. The molecule has 0 aromatic rings. The van der Waals surface area contributed by atoms with Crippen molar-refractivity contribution in [2.45, 2.75) is 33.3 Å². The predicted molar refractivity (Wildman–Crippen MR) is 63.9 cm³/mol. The zero-order valence-corrected chi connectivity index (χ0v) is 11.2. The minimum atomic E-state index is -0.522. The van der Waals surface area contributed by atoms with Crippen molar-refractivity contribution in [3.05, 3.63) is 0 Å². The molecule has 0 saturated heterocycles. The highest BCUT2D eigenvalue weighted by atomic mass is 16.6. The van der Waals surface area contributed by atoms with E-state index in [4.69, 9.17) is 9.47 Å². The first kappa shape index (κ1) is 15.5. The molecule has 0 aromatic carbocycles. The molecule has 100 valence electrons. The summed E-state index contributed by atoms with van der Waals surface area (Å²) in [6.45, 7) is 8.14. The minimum absolute atomic E-state index is 0.140. The Labute approximate surface area is 102 Å². The number of ether oxygens (including phenoxy) is 2.